The number of aliphatic hydroxyl groups excluding tert-OH is 2. The van der Waals surface area contributed by atoms with Crippen LogP contribution >= 0.6 is 0 Å². The Morgan fingerprint density at radius 3 is 2.34 bits per heavy atom. The molecule has 9 aliphatic heterocycles. The first-order chi connectivity index (χ1) is 28.7. The summed E-state index contributed by atoms with van der Waals surface area (Å²) in [5.74, 6) is -5.28. The number of ether oxygens (including phenoxy) is 9. The van der Waals surface area contributed by atoms with Crippen LogP contribution in [0.5, 0.6) is 0 Å². The molecule has 0 aromatic heterocycles. The smallest absolute Gasteiger partial charge is 0.311 e. The summed E-state index contributed by atoms with van der Waals surface area (Å²) >= 11 is 0. The highest BCUT2D eigenvalue weighted by atomic mass is 16.8. The lowest BCUT2D eigenvalue weighted by molar-refractivity contribution is -0.359. The number of hydrogen-bond donors (Lipinski definition) is 3. The molecule has 0 saturated carbocycles. The number of allylic oxidation sites excluding steroid dienone is 3. The minimum absolute atomic E-state index is 0.0222. The van der Waals surface area contributed by atoms with Gasteiger partial charge in [0.2, 0.25) is 5.79 Å². The Bertz CT molecular complexity index is 1750. The van der Waals surface area contributed by atoms with E-state index in [0.717, 1.165) is 37.7 Å². The van der Waals surface area contributed by atoms with Crippen molar-refractivity contribution in [2.75, 3.05) is 6.61 Å². The van der Waals surface area contributed by atoms with Crippen LogP contribution in [0.4, 0.5) is 0 Å². The number of Topliss-reactive ketones (excluding diaryl/α,β-unsaturated/α-hetero) is 1. The molecule has 0 aromatic carbocycles. The van der Waals surface area contributed by atoms with Crippen LogP contribution in [0.25, 0.3) is 0 Å². The van der Waals surface area contributed by atoms with Crippen molar-refractivity contribution in [2.45, 2.75) is 234 Å². The molecule has 14 nitrogen and oxygen atoms in total. The first-order valence-corrected chi connectivity index (χ1v) is 23.3. The number of rotatable bonds is 1. The van der Waals surface area contributed by atoms with Crippen LogP contribution in [-0.4, -0.2) is 129 Å². The quantitative estimate of drug-likeness (QED) is 0.291. The van der Waals surface area contributed by atoms with Gasteiger partial charge in [-0.25, -0.2) is 0 Å². The lowest BCUT2D eigenvalue weighted by Gasteiger charge is -2.47. The summed E-state index contributed by atoms with van der Waals surface area (Å²) in [7, 11) is 0. The molecule has 9 heterocycles. The predicted octanol–water partition coefficient (Wildman–Crippen LogP) is 5.25. The van der Waals surface area contributed by atoms with Crippen molar-refractivity contribution in [1.82, 2.24) is 0 Å². The van der Waals surface area contributed by atoms with Crippen LogP contribution in [0.15, 0.2) is 23.8 Å². The molecule has 0 amide bonds. The maximum absolute atomic E-state index is 14.1. The van der Waals surface area contributed by atoms with E-state index in [1.54, 1.807) is 13.8 Å². The van der Waals surface area contributed by atoms with Crippen molar-refractivity contribution in [3.63, 3.8) is 0 Å². The van der Waals surface area contributed by atoms with Gasteiger partial charge in [0.25, 0.3) is 0 Å². The molecule has 8 saturated heterocycles. The fourth-order valence-electron chi connectivity index (χ4n) is 12.5. The van der Waals surface area contributed by atoms with Crippen molar-refractivity contribution in [3.8, 4) is 0 Å². The molecule has 9 aliphatic rings. The van der Waals surface area contributed by atoms with E-state index in [-0.39, 0.29) is 43.2 Å². The van der Waals surface area contributed by atoms with Crippen molar-refractivity contribution in [1.29, 1.82) is 0 Å². The minimum atomic E-state index is -1.95. The summed E-state index contributed by atoms with van der Waals surface area (Å²) in [4.78, 5) is 28.0. The van der Waals surface area contributed by atoms with Gasteiger partial charge in [-0.05, 0) is 97.8 Å². The van der Waals surface area contributed by atoms with E-state index in [9.17, 15) is 24.9 Å². The van der Waals surface area contributed by atoms with Gasteiger partial charge in [0, 0.05) is 38.5 Å². The zero-order valence-corrected chi connectivity index (χ0v) is 37.2. The fraction of sp³-hybridized carbons (Fsp3) is 0.872. The zero-order valence-electron chi connectivity index (χ0n) is 37.2. The SMILES string of the molecule is CC1=C[C@H](C)C[C@@]2(C)CC[C@@H](O2)[C@@]23CC[C@@](C)(C[C@@H](O2)[C@H]2O[C@](C)(CC2=O)[C@@H](O)[C@@H]2CC[C@@]4(CCC[C@H](O4)[C@@H](C)C(=O)O[C@@H]4C[C@@H]([C@@]5(O)OCC[C@@H](C)[C@H]5O)O[C@@H]4C=C1)O2)O3. The molecule has 61 heavy (non-hydrogen) atoms. The Morgan fingerprint density at radius 2 is 1.54 bits per heavy atom. The van der Waals surface area contributed by atoms with Gasteiger partial charge in [-0.2, -0.15) is 0 Å². The van der Waals surface area contributed by atoms with Crippen LogP contribution in [0.3, 0.4) is 0 Å². The maximum atomic E-state index is 14.1. The third-order valence-corrected chi connectivity index (χ3v) is 15.9. The lowest BCUT2D eigenvalue weighted by Crippen LogP contribution is -2.59. The van der Waals surface area contributed by atoms with Gasteiger partial charge in [0.05, 0.1) is 42.0 Å². The highest BCUT2D eigenvalue weighted by molar-refractivity contribution is 5.86. The van der Waals surface area contributed by atoms with Gasteiger partial charge >= 0.3 is 5.97 Å². The lowest BCUT2D eigenvalue weighted by atomic mass is 9.87. The highest BCUT2D eigenvalue weighted by Crippen LogP contribution is 2.55. The van der Waals surface area contributed by atoms with Crippen molar-refractivity contribution >= 4 is 11.8 Å². The van der Waals surface area contributed by atoms with Crippen molar-refractivity contribution in [2.24, 2.45) is 17.8 Å². The van der Waals surface area contributed by atoms with Crippen LogP contribution in [0, 0.1) is 17.8 Å². The number of carbonyl (C=O) groups is 2. The van der Waals surface area contributed by atoms with E-state index in [0.29, 0.717) is 44.9 Å². The van der Waals surface area contributed by atoms with Gasteiger partial charge in [0.1, 0.15) is 48.3 Å². The van der Waals surface area contributed by atoms with E-state index >= 15 is 0 Å². The standard InChI is InChI=1S/C47H70O14/c1-26-10-11-32-34(22-37(54-32)47(52)39(49)28(3)14-20-53-47)55-41(51)29(4)31-9-8-15-45(56-31)17-12-33(57-45)40(50)44(7)24-30(48)38(60-44)35-25-43(6)18-19-46(58-35,61-43)36-13-16-42(5,59-36)23-27(2)21-26/h10-11,21,27-29,31-40,49-50,52H,8-9,12-20,22-25H2,1-7H3/t27-,28+,29+,31-,32+,33-,34+,35+,36+,37-,38-,39+,40-,42+,43-,44+,45+,46-,47+/m0/s1. The third-order valence-electron chi connectivity index (χ3n) is 15.9. The molecule has 14 heteroatoms. The van der Waals surface area contributed by atoms with Crippen molar-refractivity contribution in [3.05, 3.63) is 23.8 Å². The Hall–Kier alpha value is -1.82. The van der Waals surface area contributed by atoms with Crippen LogP contribution < -0.4 is 0 Å². The Kier molecular flexibility index (Phi) is 11.6. The summed E-state index contributed by atoms with van der Waals surface area (Å²) in [5, 5.41) is 34.8. The average Bonchev–Trinajstić information content (AvgIpc) is 4.02. The Labute approximate surface area is 360 Å². The summed E-state index contributed by atoms with van der Waals surface area (Å²) < 4.78 is 59.0. The molecule has 10 bridgehead atoms. The van der Waals surface area contributed by atoms with Crippen LogP contribution in [0.1, 0.15) is 138 Å². The van der Waals surface area contributed by atoms with Gasteiger partial charge in [-0.3, -0.25) is 9.59 Å². The second-order valence-electron chi connectivity index (χ2n) is 21.3. The van der Waals surface area contributed by atoms with Gasteiger partial charge < -0.3 is 58.0 Å². The Morgan fingerprint density at radius 1 is 0.754 bits per heavy atom. The first kappa shape index (κ1) is 44.4. The monoisotopic (exact) mass is 858 g/mol. The maximum Gasteiger partial charge on any atom is 0.311 e. The van der Waals surface area contributed by atoms with Gasteiger partial charge in [-0.1, -0.05) is 37.6 Å². The minimum Gasteiger partial charge on any atom is -0.459 e. The van der Waals surface area contributed by atoms with Crippen LogP contribution in [-0.2, 0) is 52.2 Å². The number of fused-ring (bicyclic) bond motifs is 10. The molecule has 8 fully saturated rings. The average molecular weight is 859 g/mol. The molecule has 0 unspecified atom stereocenters. The van der Waals surface area contributed by atoms with Crippen LogP contribution in [0.2, 0.25) is 0 Å². The summed E-state index contributed by atoms with van der Waals surface area (Å²) in [6, 6.07) is 0. The number of ketones is 1. The summed E-state index contributed by atoms with van der Waals surface area (Å²) in [5.41, 5.74) is -1.17. The predicted molar refractivity (Wildman–Crippen MR) is 218 cm³/mol. The molecular formula is C47H70O14. The molecule has 3 N–H and O–H groups in total. The molecule has 0 radical (unpaired) electrons. The number of carbonyl (C=O) groups excluding carboxylic acids is 2. The topological polar surface area (TPSA) is 178 Å². The summed E-state index contributed by atoms with van der Waals surface area (Å²) in [6.45, 7) is 14.1. The second kappa shape index (κ2) is 16.0. The molecular weight excluding hydrogens is 789 g/mol. The van der Waals surface area contributed by atoms with Crippen molar-refractivity contribution < 1.29 is 67.5 Å². The van der Waals surface area contributed by atoms with E-state index in [1.165, 1.54) is 0 Å². The molecule has 2 spiro atoms. The molecule has 9 rings (SSSR count). The number of aliphatic hydroxyl groups is 3. The third kappa shape index (κ3) is 8.14. The largest absolute Gasteiger partial charge is 0.459 e. The zero-order chi connectivity index (χ0) is 43.3. The van der Waals surface area contributed by atoms with E-state index in [4.69, 9.17) is 42.6 Å². The van der Waals surface area contributed by atoms with Gasteiger partial charge in [0.15, 0.2) is 17.4 Å². The molecule has 0 aromatic rings. The fourth-order valence-corrected chi connectivity index (χ4v) is 12.5. The van der Waals surface area contributed by atoms with E-state index < -0.39 is 101 Å². The van der Waals surface area contributed by atoms with E-state index in [1.807, 2.05) is 26.0 Å². The normalized spacial score (nSPS) is 54.3. The van der Waals surface area contributed by atoms with Gasteiger partial charge in [-0.15, -0.1) is 0 Å². The molecule has 342 valence electrons. The molecule has 19 atom stereocenters. The number of hydrogen-bond acceptors (Lipinski definition) is 14. The molecule has 0 aliphatic carbocycles. The first-order valence-electron chi connectivity index (χ1n) is 23.3. The van der Waals surface area contributed by atoms with E-state index in [2.05, 4.69) is 26.8 Å². The number of esters is 1. The summed E-state index contributed by atoms with van der Waals surface area (Å²) in [6.07, 6.45) is 6.36. The highest BCUT2D eigenvalue weighted by Gasteiger charge is 2.65. The second-order valence-corrected chi connectivity index (χ2v) is 21.3. The Balaban J connectivity index is 1.00.